The fraction of sp³-hybridized carbons (Fsp3) is 0.444. The fourth-order valence-corrected chi connectivity index (χ4v) is 9.97. The van der Waals surface area contributed by atoms with Gasteiger partial charge in [-0.1, -0.05) is 13.0 Å². The minimum Gasteiger partial charge on any atom is -0.453 e. The number of rotatable bonds is 12. The van der Waals surface area contributed by atoms with Gasteiger partial charge < -0.3 is 19.7 Å². The van der Waals surface area contributed by atoms with Crippen molar-refractivity contribution in [2.45, 2.75) is 69.4 Å². The maximum Gasteiger partial charge on any atom is 0.349 e. The van der Waals surface area contributed by atoms with E-state index < -0.39 is 45.2 Å². The maximum atomic E-state index is 15.3. The molecule has 0 saturated carbocycles. The summed E-state index contributed by atoms with van der Waals surface area (Å²) in [6.07, 6.45) is 7.10. The van der Waals surface area contributed by atoms with Crippen molar-refractivity contribution in [1.29, 1.82) is 5.26 Å². The van der Waals surface area contributed by atoms with E-state index in [1.165, 1.54) is 42.2 Å². The molecule has 0 bridgehead atoms. The Balaban J connectivity index is 0.820. The SMILES string of the molecule is CCN(C)S(=O)(=O)Nc1ccc(F)c(Oc2ccc3c(c2)C(=O)[N+](=CC2COC4(CCN(C(=O)CN5CCC(c6ccc(NC7CCC(=O)NC7=O)cc6F)CC5)CC4)C2)C=N3)c1C#N. The number of aliphatic imine (C=N–C) groups is 1. The van der Waals surface area contributed by atoms with E-state index in [1.54, 1.807) is 25.3 Å². The highest BCUT2D eigenvalue weighted by Crippen LogP contribution is 2.40. The molecule has 5 heterocycles. The molecule has 0 radical (unpaired) electrons. The number of piperidine rings is 3. The highest BCUT2D eigenvalue weighted by molar-refractivity contribution is 7.90. The maximum absolute atomic E-state index is 15.3. The first kappa shape index (κ1) is 45.4. The van der Waals surface area contributed by atoms with Gasteiger partial charge in [-0.2, -0.15) is 22.6 Å². The van der Waals surface area contributed by atoms with Crippen LogP contribution in [0.1, 0.15) is 79.3 Å². The number of carbonyl (C=O) groups excluding carboxylic acids is 4. The van der Waals surface area contributed by atoms with Crippen LogP contribution in [0.25, 0.3) is 0 Å². The fourth-order valence-electron chi connectivity index (χ4n) is 9.03. The van der Waals surface area contributed by atoms with Crippen molar-refractivity contribution < 1.29 is 50.4 Å². The molecule has 2 atom stereocenters. The van der Waals surface area contributed by atoms with Gasteiger partial charge in [0.05, 0.1) is 30.7 Å². The lowest BCUT2D eigenvalue weighted by Gasteiger charge is -2.40. The lowest BCUT2D eigenvalue weighted by Crippen LogP contribution is -2.50. The number of nitriles is 1. The second-order valence-corrected chi connectivity index (χ2v) is 18.9. The van der Waals surface area contributed by atoms with Gasteiger partial charge in [-0.25, -0.2) is 13.6 Å². The minimum atomic E-state index is -4.03. The molecule has 8 rings (SSSR count). The van der Waals surface area contributed by atoms with Gasteiger partial charge in [0.25, 0.3) is 6.34 Å². The average molecular weight is 915 g/mol. The summed E-state index contributed by atoms with van der Waals surface area (Å²) < 4.78 is 72.5. The molecule has 65 heavy (non-hydrogen) atoms. The zero-order chi connectivity index (χ0) is 46.0. The summed E-state index contributed by atoms with van der Waals surface area (Å²) in [5, 5.41) is 15.2. The summed E-state index contributed by atoms with van der Waals surface area (Å²) in [7, 11) is -2.68. The number of anilines is 2. The predicted octanol–water partition coefficient (Wildman–Crippen LogP) is 4.63. The number of imide groups is 1. The number of hydrogen-bond acceptors (Lipinski definition) is 12. The lowest BCUT2D eigenvalue weighted by molar-refractivity contribution is -0.290. The molecule has 0 aromatic heterocycles. The monoisotopic (exact) mass is 914 g/mol. The van der Waals surface area contributed by atoms with Gasteiger partial charge in [0.2, 0.25) is 17.7 Å². The van der Waals surface area contributed by atoms with E-state index in [2.05, 4.69) is 25.2 Å². The Morgan fingerprint density at radius 3 is 2.55 bits per heavy atom. The first-order chi connectivity index (χ1) is 31.1. The Hall–Kier alpha value is -6.14. The van der Waals surface area contributed by atoms with E-state index in [0.29, 0.717) is 88.2 Å². The summed E-state index contributed by atoms with van der Waals surface area (Å²) in [5.41, 5.74) is 0.634. The Morgan fingerprint density at radius 2 is 1.85 bits per heavy atom. The number of ether oxygens (including phenoxy) is 2. The van der Waals surface area contributed by atoms with Crippen LogP contribution in [-0.4, -0.2) is 128 Å². The smallest absolute Gasteiger partial charge is 0.349 e. The van der Waals surface area contributed by atoms with Crippen LogP contribution in [0.3, 0.4) is 0 Å². The van der Waals surface area contributed by atoms with Crippen molar-refractivity contribution in [2.24, 2.45) is 10.9 Å². The Kier molecular flexibility index (Phi) is 13.1. The van der Waals surface area contributed by atoms with Gasteiger partial charge in [-0.05, 0) is 104 Å². The molecule has 4 amide bonds. The van der Waals surface area contributed by atoms with Crippen LogP contribution in [0.15, 0.2) is 53.5 Å². The highest BCUT2D eigenvalue weighted by atomic mass is 32.2. The Bertz CT molecular complexity index is 2620. The number of nitrogens with one attached hydrogen (secondary N) is 3. The van der Waals surface area contributed by atoms with Gasteiger partial charge in [0.15, 0.2) is 17.3 Å². The largest absolute Gasteiger partial charge is 0.453 e. The van der Waals surface area contributed by atoms with Gasteiger partial charge in [0, 0.05) is 50.8 Å². The number of likely N-dealkylation sites (tertiary alicyclic amines) is 2. The molecule has 5 aliphatic heterocycles. The Labute approximate surface area is 375 Å². The van der Waals surface area contributed by atoms with Crippen molar-refractivity contribution >= 4 is 63.5 Å². The predicted molar refractivity (Wildman–Crippen MR) is 234 cm³/mol. The van der Waals surface area contributed by atoms with E-state index in [-0.39, 0.29) is 71.5 Å². The van der Waals surface area contributed by atoms with Gasteiger partial charge in [0.1, 0.15) is 34.8 Å². The standard InChI is InChI=1S/C45H49F2N9O8S/c1-3-53(2)65(61,62)52-38-9-7-35(46)42(34(38)23-48)64-31-5-8-37-33(21-31)44(60)56(27-49-37)24-28-22-45(63-26-28)14-18-55(19-15-45)41(58)25-54-16-12-29(13-17-54)32-6-4-30(20-36(32)47)50-39-10-11-40(57)51-43(39)59/h4-9,20-21,24,27-29,39,50,52H,3,10-19,22,25-26H2,1-2H3/p+1. The van der Waals surface area contributed by atoms with Crippen LogP contribution >= 0.6 is 0 Å². The highest BCUT2D eigenvalue weighted by Gasteiger charge is 2.44. The molecule has 0 aliphatic carbocycles. The molecule has 2 unspecified atom stereocenters. The third-order valence-corrected chi connectivity index (χ3v) is 14.5. The lowest BCUT2D eigenvalue weighted by atomic mass is 9.85. The number of hydrogen-bond donors (Lipinski definition) is 3. The summed E-state index contributed by atoms with van der Waals surface area (Å²) in [6.45, 7) is 4.81. The van der Waals surface area contributed by atoms with Crippen LogP contribution in [0.5, 0.6) is 11.5 Å². The third-order valence-electron chi connectivity index (χ3n) is 12.9. The van der Waals surface area contributed by atoms with E-state index in [9.17, 15) is 32.9 Å². The van der Waals surface area contributed by atoms with E-state index in [1.807, 2.05) is 11.0 Å². The zero-order valence-electron chi connectivity index (χ0n) is 36.0. The molecule has 3 aromatic rings. The topological polar surface area (TPSA) is 206 Å². The number of halogens is 2. The average Bonchev–Trinajstić information content (AvgIpc) is 3.68. The van der Waals surface area contributed by atoms with Crippen molar-refractivity contribution in [1.82, 2.24) is 19.4 Å². The minimum absolute atomic E-state index is 0.00296. The molecule has 5 aliphatic rings. The molecular weight excluding hydrogens is 865 g/mol. The molecule has 3 N–H and O–H groups in total. The van der Waals surface area contributed by atoms with Crippen LogP contribution < -0.4 is 20.1 Å². The Morgan fingerprint density at radius 1 is 1.08 bits per heavy atom. The van der Waals surface area contributed by atoms with E-state index in [0.717, 1.165) is 16.4 Å². The van der Waals surface area contributed by atoms with Crippen molar-refractivity contribution in [2.75, 3.05) is 63.0 Å². The number of benzene rings is 3. The van der Waals surface area contributed by atoms with Crippen LogP contribution in [0, 0.1) is 28.9 Å². The van der Waals surface area contributed by atoms with E-state index >= 15 is 8.78 Å². The molecule has 17 nitrogen and oxygen atoms in total. The summed E-state index contributed by atoms with van der Waals surface area (Å²) in [4.78, 5) is 59.2. The molecule has 3 aromatic carbocycles. The molecule has 342 valence electrons. The number of nitrogens with zero attached hydrogens (tertiary/aromatic N) is 6. The van der Waals surface area contributed by atoms with Crippen molar-refractivity contribution in [3.05, 3.63) is 76.9 Å². The second-order valence-electron chi connectivity index (χ2n) is 17.1. The van der Waals surface area contributed by atoms with Crippen LogP contribution in [-0.2, 0) is 29.3 Å². The van der Waals surface area contributed by atoms with Gasteiger partial charge in [-0.15, -0.1) is 0 Å². The number of carbonyl (C=O) groups is 4. The molecule has 4 fully saturated rings. The van der Waals surface area contributed by atoms with Crippen molar-refractivity contribution in [3.63, 3.8) is 0 Å². The summed E-state index contributed by atoms with van der Waals surface area (Å²) in [5.74, 6) is -2.95. The first-order valence-electron chi connectivity index (χ1n) is 21.7. The van der Waals surface area contributed by atoms with Crippen LogP contribution in [0.4, 0.5) is 25.8 Å². The number of fused-ring (bicyclic) bond motifs is 1. The zero-order valence-corrected chi connectivity index (χ0v) is 36.8. The molecule has 20 heteroatoms. The number of amides is 4. The van der Waals surface area contributed by atoms with Gasteiger partial charge in [-0.3, -0.25) is 29.3 Å². The van der Waals surface area contributed by atoms with Crippen molar-refractivity contribution in [3.8, 4) is 17.6 Å². The normalized spacial score (nSPS) is 21.9. The molecular formula is C45H50F2N9O8S+. The van der Waals surface area contributed by atoms with Crippen LogP contribution in [0.2, 0.25) is 0 Å². The molecule has 1 spiro atoms. The quantitative estimate of drug-likeness (QED) is 0.169. The third kappa shape index (κ3) is 9.93. The molecule has 4 saturated heterocycles. The second kappa shape index (κ2) is 18.8. The van der Waals surface area contributed by atoms with Gasteiger partial charge >= 0.3 is 16.1 Å². The van der Waals surface area contributed by atoms with E-state index in [4.69, 9.17) is 9.47 Å². The summed E-state index contributed by atoms with van der Waals surface area (Å²) >= 11 is 0. The summed E-state index contributed by atoms with van der Waals surface area (Å²) in [6, 6.07) is 12.6. The first-order valence-corrected chi connectivity index (χ1v) is 23.1.